The minimum absolute atomic E-state index is 0.0140. The third-order valence-electron chi connectivity index (χ3n) is 5.41. The molecule has 0 radical (unpaired) electrons. The largest absolute Gasteiger partial charge is 0.381 e. The number of hydrogen-bond acceptors (Lipinski definition) is 4. The van der Waals surface area contributed by atoms with E-state index in [2.05, 4.69) is 34.5 Å². The van der Waals surface area contributed by atoms with Gasteiger partial charge in [-0.3, -0.25) is 9.69 Å². The van der Waals surface area contributed by atoms with E-state index in [9.17, 15) is 4.79 Å². The molecule has 0 aromatic heterocycles. The molecule has 5 nitrogen and oxygen atoms in total. The Hall–Kier alpha value is -1.43. The second-order valence-electron chi connectivity index (χ2n) is 6.80. The molecule has 2 saturated heterocycles. The predicted molar refractivity (Wildman–Crippen MR) is 93.0 cm³/mol. The predicted octanol–water partition coefficient (Wildman–Crippen LogP) is 1.57. The smallest absolute Gasteiger partial charge is 0.237 e. The molecular weight excluding hydrogens is 304 g/mol. The lowest BCUT2D eigenvalue weighted by Gasteiger charge is -2.39. The molecule has 0 spiro atoms. The quantitative estimate of drug-likeness (QED) is 0.889. The van der Waals surface area contributed by atoms with Gasteiger partial charge in [0.05, 0.1) is 19.3 Å². The average Bonchev–Trinajstić information content (AvgIpc) is 2.67. The van der Waals surface area contributed by atoms with Crippen LogP contribution in [0.1, 0.15) is 25.3 Å². The molecule has 5 heteroatoms. The van der Waals surface area contributed by atoms with Gasteiger partial charge in [0, 0.05) is 38.3 Å². The number of amides is 1. The van der Waals surface area contributed by atoms with Gasteiger partial charge >= 0.3 is 0 Å². The molecule has 24 heavy (non-hydrogen) atoms. The summed E-state index contributed by atoms with van der Waals surface area (Å²) in [6.45, 7) is 7.24. The van der Waals surface area contributed by atoms with Gasteiger partial charge in [0.25, 0.3) is 0 Å². The van der Waals surface area contributed by atoms with Crippen molar-refractivity contribution < 1.29 is 14.3 Å². The maximum Gasteiger partial charge on any atom is 0.237 e. The zero-order valence-electron chi connectivity index (χ0n) is 14.5. The van der Waals surface area contributed by atoms with Gasteiger partial charge in [-0.15, -0.1) is 0 Å². The third-order valence-corrected chi connectivity index (χ3v) is 5.41. The Morgan fingerprint density at radius 2 is 1.75 bits per heavy atom. The molecule has 3 rings (SSSR count). The molecule has 1 N–H and O–H groups in total. The van der Waals surface area contributed by atoms with Crippen molar-refractivity contribution in [3.8, 4) is 0 Å². The minimum Gasteiger partial charge on any atom is -0.381 e. The Labute approximate surface area is 144 Å². The van der Waals surface area contributed by atoms with Crippen LogP contribution in [0.5, 0.6) is 0 Å². The van der Waals surface area contributed by atoms with Crippen LogP contribution in [0, 0.1) is 0 Å². The average molecular weight is 332 g/mol. The first kappa shape index (κ1) is 17.4. The number of carbonyl (C=O) groups excluding carboxylic acids is 1. The Kier molecular flexibility index (Phi) is 5.87. The van der Waals surface area contributed by atoms with Crippen LogP contribution in [0.3, 0.4) is 0 Å². The lowest BCUT2D eigenvalue weighted by molar-refractivity contribution is -0.128. The Morgan fingerprint density at radius 3 is 2.42 bits per heavy atom. The van der Waals surface area contributed by atoms with Crippen molar-refractivity contribution in [3.63, 3.8) is 0 Å². The molecule has 132 valence electrons. The summed E-state index contributed by atoms with van der Waals surface area (Å²) in [5.74, 6) is 0.110. The summed E-state index contributed by atoms with van der Waals surface area (Å²) in [5, 5.41) is 3.21. The maximum absolute atomic E-state index is 12.6. The first-order valence-corrected chi connectivity index (χ1v) is 8.94. The standard InChI is InChI=1S/C19H28N2O3/c1-16(21-9-13-24-14-10-21)18(22)20-15-19(7-11-23-12-8-19)17-5-3-2-4-6-17/h2-6,16H,7-15H2,1H3,(H,20,22)/t16-/m0/s1. The van der Waals surface area contributed by atoms with E-state index in [1.165, 1.54) is 5.56 Å². The summed E-state index contributed by atoms with van der Waals surface area (Å²) in [7, 11) is 0. The number of ether oxygens (including phenoxy) is 2. The summed E-state index contributed by atoms with van der Waals surface area (Å²) in [6, 6.07) is 10.4. The third kappa shape index (κ3) is 3.97. The van der Waals surface area contributed by atoms with Crippen molar-refractivity contribution in [1.29, 1.82) is 0 Å². The molecule has 2 aliphatic rings. The van der Waals surface area contributed by atoms with E-state index in [0.29, 0.717) is 19.8 Å². The van der Waals surface area contributed by atoms with Crippen LogP contribution < -0.4 is 5.32 Å². The van der Waals surface area contributed by atoms with Gasteiger partial charge in [0.15, 0.2) is 0 Å². The highest BCUT2D eigenvalue weighted by molar-refractivity contribution is 5.81. The van der Waals surface area contributed by atoms with Gasteiger partial charge < -0.3 is 14.8 Å². The first-order valence-electron chi connectivity index (χ1n) is 8.94. The van der Waals surface area contributed by atoms with Crippen molar-refractivity contribution in [3.05, 3.63) is 35.9 Å². The highest BCUT2D eigenvalue weighted by atomic mass is 16.5. The molecular formula is C19H28N2O3. The fourth-order valence-corrected chi connectivity index (χ4v) is 3.66. The van der Waals surface area contributed by atoms with E-state index in [-0.39, 0.29) is 17.4 Å². The van der Waals surface area contributed by atoms with Gasteiger partial charge in [-0.25, -0.2) is 0 Å². The van der Waals surface area contributed by atoms with Crippen molar-refractivity contribution in [2.45, 2.75) is 31.2 Å². The van der Waals surface area contributed by atoms with Gasteiger partial charge in [-0.2, -0.15) is 0 Å². The summed E-state index contributed by atoms with van der Waals surface area (Å²) in [5.41, 5.74) is 1.28. The van der Waals surface area contributed by atoms with E-state index >= 15 is 0 Å². The molecule has 2 aliphatic heterocycles. The maximum atomic E-state index is 12.6. The highest BCUT2D eigenvalue weighted by Gasteiger charge is 2.35. The molecule has 0 aliphatic carbocycles. The van der Waals surface area contributed by atoms with Crippen LogP contribution in [0.15, 0.2) is 30.3 Å². The molecule has 1 aromatic rings. The normalized spacial score (nSPS) is 22.7. The van der Waals surface area contributed by atoms with Crippen molar-refractivity contribution in [2.24, 2.45) is 0 Å². The number of morpholine rings is 1. The molecule has 1 atom stereocenters. The molecule has 2 heterocycles. The highest BCUT2D eigenvalue weighted by Crippen LogP contribution is 2.34. The fourth-order valence-electron chi connectivity index (χ4n) is 3.66. The van der Waals surface area contributed by atoms with E-state index < -0.39 is 0 Å². The van der Waals surface area contributed by atoms with Crippen molar-refractivity contribution in [1.82, 2.24) is 10.2 Å². The van der Waals surface area contributed by atoms with Crippen LogP contribution in [-0.4, -0.2) is 62.9 Å². The van der Waals surface area contributed by atoms with E-state index in [0.717, 1.165) is 39.1 Å². The zero-order chi connectivity index (χ0) is 16.8. The number of benzene rings is 1. The van der Waals surface area contributed by atoms with E-state index in [1.54, 1.807) is 0 Å². The summed E-state index contributed by atoms with van der Waals surface area (Å²) in [6.07, 6.45) is 1.90. The lowest BCUT2D eigenvalue weighted by Crippen LogP contribution is -2.52. The number of nitrogens with one attached hydrogen (secondary N) is 1. The molecule has 0 bridgehead atoms. The minimum atomic E-state index is -0.110. The number of nitrogens with zero attached hydrogens (tertiary/aromatic N) is 1. The van der Waals surface area contributed by atoms with Crippen LogP contribution in [0.2, 0.25) is 0 Å². The Balaban J connectivity index is 1.64. The van der Waals surface area contributed by atoms with Crippen LogP contribution in [-0.2, 0) is 19.7 Å². The topological polar surface area (TPSA) is 50.8 Å². The Morgan fingerprint density at radius 1 is 1.12 bits per heavy atom. The molecule has 2 fully saturated rings. The lowest BCUT2D eigenvalue weighted by atomic mass is 9.74. The van der Waals surface area contributed by atoms with Gasteiger partial charge in [-0.05, 0) is 25.3 Å². The van der Waals surface area contributed by atoms with Crippen molar-refractivity contribution >= 4 is 5.91 Å². The molecule has 1 aromatic carbocycles. The van der Waals surface area contributed by atoms with Crippen LogP contribution >= 0.6 is 0 Å². The number of carbonyl (C=O) groups is 1. The van der Waals surface area contributed by atoms with Gasteiger partial charge in [0.1, 0.15) is 0 Å². The zero-order valence-corrected chi connectivity index (χ0v) is 14.5. The van der Waals surface area contributed by atoms with Crippen LogP contribution in [0.25, 0.3) is 0 Å². The van der Waals surface area contributed by atoms with Crippen LogP contribution in [0.4, 0.5) is 0 Å². The Bertz CT molecular complexity index is 523. The monoisotopic (exact) mass is 332 g/mol. The van der Waals surface area contributed by atoms with Gasteiger partial charge in [0.2, 0.25) is 5.91 Å². The van der Waals surface area contributed by atoms with E-state index in [1.807, 2.05) is 13.0 Å². The molecule has 1 amide bonds. The summed E-state index contributed by atoms with van der Waals surface area (Å²) >= 11 is 0. The summed E-state index contributed by atoms with van der Waals surface area (Å²) in [4.78, 5) is 14.8. The fraction of sp³-hybridized carbons (Fsp3) is 0.632. The second kappa shape index (κ2) is 8.10. The molecule has 0 saturated carbocycles. The molecule has 0 unspecified atom stereocenters. The summed E-state index contributed by atoms with van der Waals surface area (Å²) < 4.78 is 10.9. The second-order valence-corrected chi connectivity index (χ2v) is 6.80. The number of rotatable bonds is 5. The SMILES string of the molecule is C[C@@H](C(=O)NCC1(c2ccccc2)CCOCC1)N1CCOCC1. The van der Waals surface area contributed by atoms with Gasteiger partial charge in [-0.1, -0.05) is 30.3 Å². The first-order chi connectivity index (χ1) is 11.7. The van der Waals surface area contributed by atoms with E-state index in [4.69, 9.17) is 9.47 Å². The number of hydrogen-bond donors (Lipinski definition) is 1. The van der Waals surface area contributed by atoms with Crippen molar-refractivity contribution in [2.75, 3.05) is 46.1 Å².